The minimum absolute atomic E-state index is 0.0401. The lowest BCUT2D eigenvalue weighted by molar-refractivity contribution is 0.0464. The number of nitrogens with zero attached hydrogens (tertiary/aromatic N) is 8. The molecule has 0 atom stereocenters. The second-order valence-electron chi connectivity index (χ2n) is 27.2. The smallest absolute Gasteiger partial charge is 0.338 e. The Morgan fingerprint density at radius 3 is 1.04 bits per heavy atom. The molecule has 0 aliphatic carbocycles. The molecule has 3 aromatic heterocycles. The van der Waals surface area contributed by atoms with Gasteiger partial charge >= 0.3 is 23.9 Å². The number of ether oxygens (including phenoxy) is 4. The van der Waals surface area contributed by atoms with E-state index < -0.39 is 23.9 Å². The third-order valence-corrected chi connectivity index (χ3v) is 20.0. The van der Waals surface area contributed by atoms with Gasteiger partial charge in [0.05, 0.1) is 85.5 Å². The Bertz CT molecular complexity index is 6220. The van der Waals surface area contributed by atoms with E-state index in [2.05, 4.69) is 26.1 Å². The van der Waals surface area contributed by atoms with Crippen LogP contribution in [-0.2, 0) is 45.4 Å². The molecule has 16 nitrogen and oxygen atoms in total. The number of fused-ring (bicyclic) bond motifs is 6. The van der Waals surface area contributed by atoms with E-state index >= 15 is 0 Å². The first-order valence-electron chi connectivity index (χ1n) is 36.6. The summed E-state index contributed by atoms with van der Waals surface area (Å²) in [7, 11) is 0. The minimum Gasteiger partial charge on any atom is -0.457 e. The molecule has 0 saturated heterocycles. The van der Waals surface area contributed by atoms with Crippen molar-refractivity contribution in [2.45, 2.75) is 26.4 Å². The van der Waals surface area contributed by atoms with Crippen molar-refractivity contribution in [3.63, 3.8) is 0 Å². The van der Waals surface area contributed by atoms with Crippen molar-refractivity contribution in [2.75, 3.05) is 0 Å². The molecule has 17 rings (SSSR count). The fourth-order valence-corrected chi connectivity index (χ4v) is 14.4. The fraction of sp³-hybridized carbons (Fsp3) is 0.0408. The quantitative estimate of drug-likeness (QED) is 0.0396. The van der Waals surface area contributed by atoms with E-state index in [9.17, 15) is 29.7 Å². The van der Waals surface area contributed by atoms with Gasteiger partial charge in [0.2, 0.25) is 0 Å². The number of hydrogen-bond acceptors (Lipinski definition) is 13. The van der Waals surface area contributed by atoms with Crippen LogP contribution in [0.25, 0.3) is 127 Å². The van der Waals surface area contributed by atoms with E-state index in [0.29, 0.717) is 117 Å². The van der Waals surface area contributed by atoms with E-state index in [1.807, 2.05) is 255 Å². The highest BCUT2D eigenvalue weighted by Crippen LogP contribution is 2.44. The van der Waals surface area contributed by atoms with Gasteiger partial charge in [0.15, 0.2) is 23.2 Å². The highest BCUT2D eigenvalue weighted by atomic mass is 16.5. The summed E-state index contributed by atoms with van der Waals surface area (Å²) in [5.74, 6) is -1.40. The topological polar surface area (TPSA) is 206 Å². The number of carbonyl (C=O) groups is 4. The van der Waals surface area contributed by atoms with Crippen molar-refractivity contribution in [3.05, 3.63) is 395 Å². The molecular weight excluding hydrogens is 1420 g/mol. The predicted octanol–water partition coefficient (Wildman–Crippen LogP) is 21.8. The van der Waals surface area contributed by atoms with Crippen molar-refractivity contribution in [1.29, 1.82) is 10.5 Å². The summed E-state index contributed by atoms with van der Waals surface area (Å²) >= 11 is 0. The van der Waals surface area contributed by atoms with Crippen LogP contribution in [0, 0.1) is 29.2 Å². The Morgan fingerprint density at radius 1 is 0.307 bits per heavy atom. The molecule has 0 spiro atoms. The molecule has 0 radical (unpaired) electrons. The molecule has 0 aliphatic heterocycles. The van der Waals surface area contributed by atoms with Gasteiger partial charge in [-0.3, -0.25) is 0 Å². The summed E-state index contributed by atoms with van der Waals surface area (Å²) in [5.41, 5.74) is 15.7. The van der Waals surface area contributed by atoms with Crippen LogP contribution in [0.15, 0.2) is 328 Å². The van der Waals surface area contributed by atoms with Crippen molar-refractivity contribution < 1.29 is 38.1 Å². The van der Waals surface area contributed by atoms with E-state index in [0.717, 1.165) is 33.4 Å². The Morgan fingerprint density at radius 2 is 0.658 bits per heavy atom. The van der Waals surface area contributed by atoms with Crippen LogP contribution in [-0.4, -0.2) is 48.0 Å². The zero-order valence-electron chi connectivity index (χ0n) is 60.8. The van der Waals surface area contributed by atoms with Gasteiger partial charge in [-0.25, -0.2) is 39.0 Å². The van der Waals surface area contributed by atoms with Gasteiger partial charge in [-0.05, 0) is 160 Å². The maximum Gasteiger partial charge on any atom is 0.338 e. The van der Waals surface area contributed by atoms with Crippen molar-refractivity contribution >= 4 is 73.2 Å². The lowest BCUT2D eigenvalue weighted by Gasteiger charge is -2.18. The average molecular weight is 1480 g/mol. The molecule has 0 amide bonds. The minimum atomic E-state index is -0.551. The van der Waals surface area contributed by atoms with Crippen molar-refractivity contribution in [3.8, 4) is 91.1 Å². The van der Waals surface area contributed by atoms with Gasteiger partial charge in [-0.15, -0.1) is 0 Å². The maximum atomic E-state index is 14.2. The summed E-state index contributed by atoms with van der Waals surface area (Å²) in [6.07, 6.45) is 0. The number of benzene rings is 14. The highest BCUT2D eigenvalue weighted by Gasteiger charge is 2.26. The number of rotatable bonds is 20. The Kier molecular flexibility index (Phi) is 19.5. The number of carbonyl (C=O) groups excluding carboxylic acids is 4. The first-order valence-corrected chi connectivity index (χ1v) is 36.6. The molecule has 0 saturated carbocycles. The van der Waals surface area contributed by atoms with E-state index in [4.69, 9.17) is 40.5 Å². The van der Waals surface area contributed by atoms with Gasteiger partial charge in [-0.1, -0.05) is 212 Å². The molecule has 114 heavy (non-hydrogen) atoms. The summed E-state index contributed by atoms with van der Waals surface area (Å²) in [6.45, 7) is 8.34. The molecule has 17 aromatic rings. The molecule has 0 N–H and O–H groups in total. The van der Waals surface area contributed by atoms with E-state index in [1.54, 1.807) is 72.8 Å². The second kappa shape index (κ2) is 31.3. The average Bonchev–Trinajstić information content (AvgIpc) is 1.61. The lowest BCUT2D eigenvalue weighted by atomic mass is 9.97. The highest BCUT2D eigenvalue weighted by molar-refractivity contribution is 6.15. The number of nitriles is 2. The molecule has 16 heteroatoms. The third kappa shape index (κ3) is 14.4. The largest absolute Gasteiger partial charge is 0.457 e. The number of esters is 4. The maximum absolute atomic E-state index is 14.2. The van der Waals surface area contributed by atoms with Crippen LogP contribution in [0.1, 0.15) is 74.8 Å². The molecule has 14 aromatic carbocycles. The molecule has 0 aliphatic rings. The molecule has 542 valence electrons. The molecule has 3 heterocycles. The summed E-state index contributed by atoms with van der Waals surface area (Å²) < 4.78 is 27.8. The summed E-state index contributed by atoms with van der Waals surface area (Å²) in [6, 6.07) is 105. The van der Waals surface area contributed by atoms with Crippen LogP contribution in [0.2, 0.25) is 0 Å². The van der Waals surface area contributed by atoms with Gasteiger partial charge in [0, 0.05) is 49.4 Å². The lowest BCUT2D eigenvalue weighted by Crippen LogP contribution is -2.06. The number of hydrogen-bond donors (Lipinski definition) is 0. The van der Waals surface area contributed by atoms with Crippen LogP contribution >= 0.6 is 0 Å². The second-order valence-corrected chi connectivity index (χ2v) is 27.2. The van der Waals surface area contributed by atoms with Gasteiger partial charge in [0.25, 0.3) is 0 Å². The first kappa shape index (κ1) is 71.0. The monoisotopic (exact) mass is 1480 g/mol. The molecule has 0 bridgehead atoms. The SMILES string of the molecule is [C-]#[N+]c1cccc(-c2ccc(-c3nc(-c4ccc(-c5cccc(C#N)c5)c(-n5c6ccc(C(=O)OCc7ccccc7)cc6c6cc(C(=O)OCc7ccccc7)ccc65)c4)nc(-c4ccccc4-c4ccc(C#N)cc4)n3)cc2-n2c3ccc(C(=O)OCc4ccccc4)cc3c3cc(C(=O)OCc4ccccc4)ccc32)c1. The predicted molar refractivity (Wildman–Crippen MR) is 439 cm³/mol. The van der Waals surface area contributed by atoms with E-state index in [1.165, 1.54) is 0 Å². The summed E-state index contributed by atoms with van der Waals surface area (Å²) in [4.78, 5) is 77.1. The van der Waals surface area contributed by atoms with Gasteiger partial charge < -0.3 is 28.1 Å². The van der Waals surface area contributed by atoms with E-state index in [-0.39, 0.29) is 60.3 Å². The van der Waals surface area contributed by atoms with Crippen LogP contribution < -0.4 is 0 Å². The van der Waals surface area contributed by atoms with Crippen LogP contribution in [0.3, 0.4) is 0 Å². The zero-order valence-corrected chi connectivity index (χ0v) is 60.8. The Balaban J connectivity index is 0.876. The molecule has 0 unspecified atom stereocenters. The van der Waals surface area contributed by atoms with Gasteiger partial charge in [-0.2, -0.15) is 10.5 Å². The summed E-state index contributed by atoms with van der Waals surface area (Å²) in [5, 5.41) is 22.9. The molecular formula is C98H62N8O8. The third-order valence-electron chi connectivity index (χ3n) is 20.0. The van der Waals surface area contributed by atoms with Crippen molar-refractivity contribution in [1.82, 2.24) is 24.1 Å². The zero-order chi connectivity index (χ0) is 77.6. The normalized spacial score (nSPS) is 11.1. The number of aromatic nitrogens is 5. The first-order chi connectivity index (χ1) is 56.0. The molecule has 0 fully saturated rings. The van der Waals surface area contributed by atoms with Crippen LogP contribution in [0.4, 0.5) is 5.69 Å². The van der Waals surface area contributed by atoms with Gasteiger partial charge in [0.1, 0.15) is 26.4 Å². The van der Waals surface area contributed by atoms with Crippen molar-refractivity contribution in [2.24, 2.45) is 0 Å². The standard InChI is InChI=1S/C98H62N8O8/c1-101-77-29-17-28-70(49-77)80-43-37-72(55-91(80)106-88-46-40-75(97(109)113-60-65-22-10-4-11-23-65)52-84(88)85-53-76(41-47-89(85)106)98(110)114-61-66-24-12-5-13-25-66)93-102-92(103-94(104-93)81-31-15-14-30-78(81)68-34-32-62(56-99)33-35-68)71-36-42-79(69-27-16-26-67(48-69)57-100)90(54-71)105-86-44-38-73(95(107)111-58-63-18-6-2-7-19-63)50-82(86)83-51-74(39-45-87(83)105)96(108)112-59-64-20-8-3-9-21-64/h2-55H,58-61H2. The fourth-order valence-electron chi connectivity index (χ4n) is 14.4. The van der Waals surface area contributed by atoms with Crippen LogP contribution in [0.5, 0.6) is 0 Å². The Hall–Kier alpha value is -16.0. The Labute approximate surface area is 654 Å².